The third kappa shape index (κ3) is 4.58. The molecule has 1 aromatic heterocycles. The first-order valence-corrected chi connectivity index (χ1v) is 7.68. The van der Waals surface area contributed by atoms with Gasteiger partial charge in [-0.25, -0.2) is 0 Å². The van der Waals surface area contributed by atoms with Crippen molar-refractivity contribution in [2.75, 3.05) is 11.9 Å². The van der Waals surface area contributed by atoms with Crippen molar-refractivity contribution in [3.8, 4) is 0 Å². The van der Waals surface area contributed by atoms with Gasteiger partial charge in [0.15, 0.2) is 0 Å². The molecule has 116 valence electrons. The highest BCUT2D eigenvalue weighted by Gasteiger charge is 2.05. The Kier molecular flexibility index (Phi) is 5.95. The van der Waals surface area contributed by atoms with E-state index in [1.165, 1.54) is 11.1 Å². The lowest BCUT2D eigenvalue weighted by molar-refractivity contribution is -0.121. The van der Waals surface area contributed by atoms with Gasteiger partial charge in [-0.1, -0.05) is 25.1 Å². The summed E-state index contributed by atoms with van der Waals surface area (Å²) in [5.41, 5.74) is 4.73. The number of aryl methyl sites for hydroxylation is 2. The first-order chi connectivity index (χ1) is 10.7. The van der Waals surface area contributed by atoms with Crippen LogP contribution in [0.25, 0.3) is 0 Å². The van der Waals surface area contributed by atoms with E-state index in [-0.39, 0.29) is 5.91 Å². The maximum absolute atomic E-state index is 11.9. The first kappa shape index (κ1) is 16.0. The van der Waals surface area contributed by atoms with Crippen LogP contribution in [0, 0.1) is 6.92 Å². The summed E-state index contributed by atoms with van der Waals surface area (Å²) in [5.74, 6) is 0.0518. The van der Waals surface area contributed by atoms with E-state index in [4.69, 9.17) is 0 Å². The summed E-state index contributed by atoms with van der Waals surface area (Å²) in [6.07, 6.45) is 4.90. The molecule has 4 heteroatoms. The first-order valence-electron chi connectivity index (χ1n) is 7.68. The van der Waals surface area contributed by atoms with Crippen LogP contribution in [0.2, 0.25) is 0 Å². The molecule has 4 nitrogen and oxygen atoms in total. The van der Waals surface area contributed by atoms with Crippen LogP contribution in [0.5, 0.6) is 0 Å². The summed E-state index contributed by atoms with van der Waals surface area (Å²) < 4.78 is 0. The van der Waals surface area contributed by atoms with Crippen LogP contribution < -0.4 is 10.6 Å². The lowest BCUT2D eigenvalue weighted by Gasteiger charge is -2.14. The molecule has 2 N–H and O–H groups in total. The molecule has 0 aliphatic carbocycles. The molecule has 0 fully saturated rings. The molecule has 0 aliphatic rings. The van der Waals surface area contributed by atoms with Gasteiger partial charge in [0.1, 0.15) is 0 Å². The van der Waals surface area contributed by atoms with Crippen molar-refractivity contribution in [2.45, 2.75) is 33.2 Å². The zero-order chi connectivity index (χ0) is 15.8. The van der Waals surface area contributed by atoms with E-state index in [1.54, 1.807) is 12.4 Å². The summed E-state index contributed by atoms with van der Waals surface area (Å²) in [6.45, 7) is 5.42. The van der Waals surface area contributed by atoms with Gasteiger partial charge in [-0.3, -0.25) is 9.78 Å². The number of hydrogen-bond donors (Lipinski definition) is 2. The highest BCUT2D eigenvalue weighted by atomic mass is 16.1. The van der Waals surface area contributed by atoms with Crippen LogP contribution in [0.1, 0.15) is 30.0 Å². The second-order valence-corrected chi connectivity index (χ2v) is 5.27. The van der Waals surface area contributed by atoms with Crippen molar-refractivity contribution < 1.29 is 4.79 Å². The predicted molar refractivity (Wildman–Crippen MR) is 89.7 cm³/mol. The maximum Gasteiger partial charge on any atom is 0.222 e. The van der Waals surface area contributed by atoms with Gasteiger partial charge in [-0.15, -0.1) is 0 Å². The van der Waals surface area contributed by atoms with Gasteiger partial charge in [0, 0.05) is 37.6 Å². The Morgan fingerprint density at radius 3 is 2.68 bits per heavy atom. The van der Waals surface area contributed by atoms with E-state index in [9.17, 15) is 4.79 Å². The molecular weight excluding hydrogens is 274 g/mol. The zero-order valence-electron chi connectivity index (χ0n) is 13.2. The van der Waals surface area contributed by atoms with Crippen LogP contribution >= 0.6 is 0 Å². The number of carbonyl (C=O) groups is 1. The molecule has 22 heavy (non-hydrogen) atoms. The van der Waals surface area contributed by atoms with Crippen molar-refractivity contribution in [3.05, 3.63) is 59.4 Å². The number of rotatable bonds is 7. The fraction of sp³-hybridized carbons (Fsp3) is 0.333. The van der Waals surface area contributed by atoms with Crippen LogP contribution in [0.15, 0.2) is 42.7 Å². The van der Waals surface area contributed by atoms with Gasteiger partial charge >= 0.3 is 0 Å². The van der Waals surface area contributed by atoms with Gasteiger partial charge in [0.25, 0.3) is 0 Å². The fourth-order valence-corrected chi connectivity index (χ4v) is 2.37. The molecule has 2 rings (SSSR count). The number of nitrogens with zero attached hydrogens (tertiary/aromatic N) is 1. The van der Waals surface area contributed by atoms with Gasteiger partial charge in [0.2, 0.25) is 5.91 Å². The fourth-order valence-electron chi connectivity index (χ4n) is 2.37. The van der Waals surface area contributed by atoms with Crippen molar-refractivity contribution in [3.63, 3.8) is 0 Å². The average molecular weight is 297 g/mol. The molecule has 0 saturated carbocycles. The van der Waals surface area contributed by atoms with Gasteiger partial charge in [-0.05, 0) is 42.2 Å². The smallest absolute Gasteiger partial charge is 0.222 e. The predicted octanol–water partition coefficient (Wildman–Crippen LogP) is 3.07. The molecule has 2 aromatic rings. The molecule has 0 bridgehead atoms. The Morgan fingerprint density at radius 2 is 1.95 bits per heavy atom. The molecule has 1 aromatic carbocycles. The average Bonchev–Trinajstić information content (AvgIpc) is 2.55. The summed E-state index contributed by atoms with van der Waals surface area (Å²) in [6, 6.07) is 10.1. The number of hydrogen-bond acceptors (Lipinski definition) is 3. The third-order valence-corrected chi connectivity index (χ3v) is 3.63. The SMILES string of the molecule is CCc1cccc(C)c1NCCC(=O)NCc1ccncc1. The quantitative estimate of drug-likeness (QED) is 0.826. The van der Waals surface area contributed by atoms with Crippen LogP contribution in [-0.4, -0.2) is 17.4 Å². The third-order valence-electron chi connectivity index (χ3n) is 3.63. The van der Waals surface area contributed by atoms with Crippen LogP contribution in [0.4, 0.5) is 5.69 Å². The van der Waals surface area contributed by atoms with Gasteiger partial charge in [0.05, 0.1) is 0 Å². The summed E-state index contributed by atoms with van der Waals surface area (Å²) in [4.78, 5) is 15.8. The van der Waals surface area contributed by atoms with E-state index in [0.29, 0.717) is 19.5 Å². The second kappa shape index (κ2) is 8.17. The number of para-hydroxylation sites is 1. The molecule has 0 radical (unpaired) electrons. The lowest BCUT2D eigenvalue weighted by Crippen LogP contribution is -2.25. The number of anilines is 1. The largest absolute Gasteiger partial charge is 0.384 e. The van der Waals surface area contributed by atoms with Crippen molar-refractivity contribution in [2.24, 2.45) is 0 Å². The minimum absolute atomic E-state index is 0.0518. The minimum atomic E-state index is 0.0518. The number of amides is 1. The number of pyridine rings is 1. The Balaban J connectivity index is 1.78. The molecule has 1 amide bonds. The molecule has 0 atom stereocenters. The minimum Gasteiger partial charge on any atom is -0.384 e. The van der Waals surface area contributed by atoms with Gasteiger partial charge < -0.3 is 10.6 Å². The molecule has 0 aliphatic heterocycles. The highest BCUT2D eigenvalue weighted by molar-refractivity contribution is 5.76. The number of aromatic nitrogens is 1. The standard InChI is InChI=1S/C18H23N3O/c1-3-16-6-4-5-14(2)18(16)20-12-9-17(22)21-13-15-7-10-19-11-8-15/h4-8,10-11,20H,3,9,12-13H2,1-2H3,(H,21,22). The number of benzene rings is 1. The van der Waals surface area contributed by atoms with Gasteiger partial charge in [-0.2, -0.15) is 0 Å². The molecule has 0 saturated heterocycles. The maximum atomic E-state index is 11.9. The van der Waals surface area contributed by atoms with E-state index in [1.807, 2.05) is 12.1 Å². The van der Waals surface area contributed by atoms with E-state index < -0.39 is 0 Å². The van der Waals surface area contributed by atoms with E-state index in [2.05, 4.69) is 47.7 Å². The summed E-state index contributed by atoms with van der Waals surface area (Å²) in [5, 5.41) is 6.31. The zero-order valence-corrected chi connectivity index (χ0v) is 13.2. The summed E-state index contributed by atoms with van der Waals surface area (Å²) in [7, 11) is 0. The number of carbonyl (C=O) groups excluding carboxylic acids is 1. The van der Waals surface area contributed by atoms with Crippen molar-refractivity contribution >= 4 is 11.6 Å². The Hall–Kier alpha value is -2.36. The van der Waals surface area contributed by atoms with E-state index in [0.717, 1.165) is 17.7 Å². The normalized spacial score (nSPS) is 10.3. The Morgan fingerprint density at radius 1 is 1.18 bits per heavy atom. The molecule has 0 spiro atoms. The monoisotopic (exact) mass is 297 g/mol. The number of nitrogens with one attached hydrogen (secondary N) is 2. The van der Waals surface area contributed by atoms with Crippen molar-refractivity contribution in [1.82, 2.24) is 10.3 Å². The topological polar surface area (TPSA) is 54.0 Å². The molecule has 1 heterocycles. The molecular formula is C18H23N3O. The van der Waals surface area contributed by atoms with Crippen LogP contribution in [0.3, 0.4) is 0 Å². The Bertz CT molecular complexity index is 611. The van der Waals surface area contributed by atoms with E-state index >= 15 is 0 Å². The van der Waals surface area contributed by atoms with Crippen molar-refractivity contribution in [1.29, 1.82) is 0 Å². The highest BCUT2D eigenvalue weighted by Crippen LogP contribution is 2.20. The second-order valence-electron chi connectivity index (χ2n) is 5.27. The Labute approximate surface area is 132 Å². The van der Waals surface area contributed by atoms with Crippen LogP contribution in [-0.2, 0) is 17.8 Å². The molecule has 0 unspecified atom stereocenters. The lowest BCUT2D eigenvalue weighted by atomic mass is 10.1. The summed E-state index contributed by atoms with van der Waals surface area (Å²) >= 11 is 0.